The molecule has 0 atom stereocenters. The Kier molecular flexibility index (Phi) is 3.40. The van der Waals surface area contributed by atoms with E-state index in [1.54, 1.807) is 0 Å². The van der Waals surface area contributed by atoms with Gasteiger partial charge in [0.2, 0.25) is 0 Å². The number of aromatic nitrogens is 3. The van der Waals surface area contributed by atoms with E-state index in [-0.39, 0.29) is 21.6 Å². The number of halogens is 4. The minimum absolute atomic E-state index is 0.0287. The highest BCUT2D eigenvalue weighted by Crippen LogP contribution is 2.43. The standard InChI is InChI=1S/C11H5F4N3O2S2/c1-20-9(19)5-3(6-8(17-5)18-10(12)22-6)4-7(11(13,14)15)21-2-16-4/h2,17H,1H3. The van der Waals surface area contributed by atoms with Crippen molar-refractivity contribution in [1.82, 2.24) is 15.0 Å². The van der Waals surface area contributed by atoms with E-state index in [1.807, 2.05) is 0 Å². The van der Waals surface area contributed by atoms with E-state index in [4.69, 9.17) is 0 Å². The second-order valence-corrected chi connectivity index (χ2v) is 5.84. The lowest BCUT2D eigenvalue weighted by molar-refractivity contribution is -0.134. The summed E-state index contributed by atoms with van der Waals surface area (Å²) in [6.45, 7) is 0. The smallest absolute Gasteiger partial charge is 0.427 e. The highest BCUT2D eigenvalue weighted by atomic mass is 32.1. The summed E-state index contributed by atoms with van der Waals surface area (Å²) in [5.74, 6) is -0.887. The first kappa shape index (κ1) is 14.9. The summed E-state index contributed by atoms with van der Waals surface area (Å²) in [5, 5.41) is -0.831. The van der Waals surface area contributed by atoms with Crippen molar-refractivity contribution in [1.29, 1.82) is 0 Å². The molecule has 0 fully saturated rings. The molecule has 0 radical (unpaired) electrons. The molecular formula is C11H5F4N3O2S2. The Morgan fingerprint density at radius 3 is 2.77 bits per heavy atom. The molecule has 0 aromatic carbocycles. The zero-order valence-electron chi connectivity index (χ0n) is 10.6. The molecule has 0 spiro atoms. The predicted octanol–water partition coefficient (Wildman–Crippen LogP) is 3.69. The average molecular weight is 351 g/mol. The Morgan fingerprint density at radius 1 is 1.41 bits per heavy atom. The van der Waals surface area contributed by atoms with Crippen molar-refractivity contribution < 1.29 is 27.1 Å². The first-order chi connectivity index (χ1) is 10.3. The number of fused-ring (bicyclic) bond motifs is 1. The van der Waals surface area contributed by atoms with Crippen molar-refractivity contribution in [2.45, 2.75) is 6.18 Å². The lowest BCUT2D eigenvalue weighted by Gasteiger charge is -2.06. The summed E-state index contributed by atoms with van der Waals surface area (Å²) in [5.41, 5.74) is 0.131. The molecule has 116 valence electrons. The number of H-pyrrole nitrogens is 1. The van der Waals surface area contributed by atoms with E-state index in [1.165, 1.54) is 0 Å². The molecule has 3 aromatic heterocycles. The van der Waals surface area contributed by atoms with Crippen LogP contribution in [0.5, 0.6) is 0 Å². The van der Waals surface area contributed by atoms with Crippen molar-refractivity contribution in [3.63, 3.8) is 0 Å². The van der Waals surface area contributed by atoms with Crippen LogP contribution < -0.4 is 0 Å². The van der Waals surface area contributed by atoms with Gasteiger partial charge in [0, 0.05) is 0 Å². The van der Waals surface area contributed by atoms with Crippen LogP contribution in [-0.4, -0.2) is 28.0 Å². The third-order valence-corrected chi connectivity index (χ3v) is 4.51. The second-order valence-electron chi connectivity index (χ2n) is 4.04. The van der Waals surface area contributed by atoms with Crippen LogP contribution in [-0.2, 0) is 10.9 Å². The third kappa shape index (κ3) is 2.25. The van der Waals surface area contributed by atoms with Crippen LogP contribution in [0, 0.1) is 5.26 Å². The Bertz CT molecular complexity index is 865. The number of alkyl halides is 3. The molecule has 0 saturated carbocycles. The monoisotopic (exact) mass is 351 g/mol. The van der Waals surface area contributed by atoms with Crippen LogP contribution in [0.25, 0.3) is 21.6 Å². The van der Waals surface area contributed by atoms with E-state index in [2.05, 4.69) is 19.7 Å². The van der Waals surface area contributed by atoms with E-state index in [0.717, 1.165) is 12.6 Å². The minimum Gasteiger partial charge on any atom is -0.464 e. The number of thiazole rings is 2. The largest absolute Gasteiger partial charge is 0.464 e. The van der Waals surface area contributed by atoms with E-state index < -0.39 is 28.0 Å². The van der Waals surface area contributed by atoms with Gasteiger partial charge in [-0.05, 0) is 0 Å². The number of methoxy groups -OCH3 is 1. The van der Waals surface area contributed by atoms with Gasteiger partial charge in [-0.3, -0.25) is 0 Å². The summed E-state index contributed by atoms with van der Waals surface area (Å²) in [6.07, 6.45) is -4.64. The number of hydrogen-bond acceptors (Lipinski definition) is 6. The molecule has 3 rings (SSSR count). The molecule has 0 aliphatic heterocycles. The number of esters is 1. The molecule has 0 bridgehead atoms. The highest BCUT2D eigenvalue weighted by molar-refractivity contribution is 7.17. The van der Waals surface area contributed by atoms with Crippen LogP contribution in [0.15, 0.2) is 5.51 Å². The SMILES string of the molecule is COC(=O)c1[nH]c2nc(F)sc2c1-c1ncsc1C(F)(F)F. The maximum absolute atomic E-state index is 13.3. The molecule has 0 amide bonds. The van der Waals surface area contributed by atoms with Gasteiger partial charge in [-0.25, -0.2) is 9.78 Å². The van der Waals surface area contributed by atoms with Crippen molar-refractivity contribution in [3.8, 4) is 11.3 Å². The number of hydrogen-bond donors (Lipinski definition) is 1. The van der Waals surface area contributed by atoms with Gasteiger partial charge in [-0.15, -0.1) is 11.3 Å². The molecule has 5 nitrogen and oxygen atoms in total. The number of carbonyl (C=O) groups excluding carboxylic acids is 1. The minimum atomic E-state index is -4.64. The fraction of sp³-hybridized carbons (Fsp3) is 0.182. The molecule has 11 heteroatoms. The normalized spacial score (nSPS) is 12.0. The molecular weight excluding hydrogens is 346 g/mol. The van der Waals surface area contributed by atoms with Crippen LogP contribution >= 0.6 is 22.7 Å². The van der Waals surface area contributed by atoms with Gasteiger partial charge >= 0.3 is 12.1 Å². The van der Waals surface area contributed by atoms with Crippen LogP contribution in [0.4, 0.5) is 17.6 Å². The number of rotatable bonds is 2. The summed E-state index contributed by atoms with van der Waals surface area (Å²) in [4.78, 5) is 20.5. The summed E-state index contributed by atoms with van der Waals surface area (Å²) in [6, 6.07) is 0. The fourth-order valence-electron chi connectivity index (χ4n) is 1.95. The summed E-state index contributed by atoms with van der Waals surface area (Å²) < 4.78 is 57.0. The molecule has 0 saturated heterocycles. The van der Waals surface area contributed by atoms with Crippen molar-refractivity contribution in [2.75, 3.05) is 7.11 Å². The van der Waals surface area contributed by atoms with Crippen molar-refractivity contribution in [3.05, 3.63) is 21.3 Å². The van der Waals surface area contributed by atoms with Crippen LogP contribution in [0.3, 0.4) is 0 Å². The summed E-state index contributed by atoms with van der Waals surface area (Å²) >= 11 is 0.912. The number of aromatic amines is 1. The molecule has 0 aliphatic rings. The topological polar surface area (TPSA) is 67.9 Å². The van der Waals surface area contributed by atoms with Gasteiger partial charge < -0.3 is 9.72 Å². The Labute approximate surface area is 127 Å². The average Bonchev–Trinajstić information content (AvgIpc) is 3.09. The fourth-order valence-corrected chi connectivity index (χ4v) is 3.41. The quantitative estimate of drug-likeness (QED) is 0.565. The van der Waals surface area contributed by atoms with E-state index in [0.29, 0.717) is 22.7 Å². The zero-order chi connectivity index (χ0) is 16.1. The Morgan fingerprint density at radius 2 is 2.14 bits per heavy atom. The zero-order valence-corrected chi connectivity index (χ0v) is 12.2. The summed E-state index contributed by atoms with van der Waals surface area (Å²) in [7, 11) is 1.08. The first-order valence-corrected chi connectivity index (χ1v) is 7.30. The maximum atomic E-state index is 13.3. The molecule has 0 unspecified atom stereocenters. The number of nitrogens with zero attached hydrogens (tertiary/aromatic N) is 2. The molecule has 3 aromatic rings. The maximum Gasteiger partial charge on any atom is 0.427 e. The highest BCUT2D eigenvalue weighted by Gasteiger charge is 2.38. The number of ether oxygens (including phenoxy) is 1. The van der Waals surface area contributed by atoms with Gasteiger partial charge in [-0.1, -0.05) is 11.3 Å². The van der Waals surface area contributed by atoms with Crippen LogP contribution in [0.2, 0.25) is 0 Å². The van der Waals surface area contributed by atoms with Crippen molar-refractivity contribution in [2.24, 2.45) is 0 Å². The second kappa shape index (κ2) is 5.02. The lowest BCUT2D eigenvalue weighted by Crippen LogP contribution is -2.07. The van der Waals surface area contributed by atoms with E-state index >= 15 is 0 Å². The van der Waals surface area contributed by atoms with Gasteiger partial charge in [-0.2, -0.15) is 22.5 Å². The van der Waals surface area contributed by atoms with Gasteiger partial charge in [0.1, 0.15) is 10.6 Å². The van der Waals surface area contributed by atoms with Crippen LogP contribution in [0.1, 0.15) is 15.4 Å². The predicted molar refractivity (Wildman–Crippen MR) is 71.4 cm³/mol. The third-order valence-electron chi connectivity index (χ3n) is 2.77. The first-order valence-electron chi connectivity index (χ1n) is 5.60. The number of carbonyl (C=O) groups is 1. The molecule has 0 aliphatic carbocycles. The number of nitrogens with one attached hydrogen (secondary N) is 1. The van der Waals surface area contributed by atoms with Gasteiger partial charge in [0.15, 0.2) is 5.65 Å². The Hall–Kier alpha value is -2.01. The molecule has 22 heavy (non-hydrogen) atoms. The molecule has 1 N–H and O–H groups in total. The van der Waals surface area contributed by atoms with Crippen molar-refractivity contribution >= 4 is 39.0 Å². The Balaban J connectivity index is 2.33. The molecule has 3 heterocycles. The van der Waals surface area contributed by atoms with Gasteiger partial charge in [0.25, 0.3) is 5.26 Å². The van der Waals surface area contributed by atoms with Gasteiger partial charge in [0.05, 0.1) is 28.6 Å². The van der Waals surface area contributed by atoms with E-state index in [9.17, 15) is 22.4 Å². The lowest BCUT2D eigenvalue weighted by atomic mass is 10.1.